The van der Waals surface area contributed by atoms with Crippen LogP contribution in [0, 0.1) is 11.9 Å². The van der Waals surface area contributed by atoms with E-state index in [-0.39, 0.29) is 5.82 Å². The van der Waals surface area contributed by atoms with Gasteiger partial charge in [-0.2, -0.15) is 0 Å². The SMILES string of the molecule is Fc1ccc[c]c1CCN1CCOCC1. The first-order valence-electron chi connectivity index (χ1n) is 5.31. The largest absolute Gasteiger partial charge is 0.379 e. The average molecular weight is 208 g/mol. The van der Waals surface area contributed by atoms with Crippen LogP contribution >= 0.6 is 0 Å². The minimum atomic E-state index is -0.147. The third kappa shape index (κ3) is 3.01. The van der Waals surface area contributed by atoms with Crippen LogP contribution in [0.1, 0.15) is 5.56 Å². The van der Waals surface area contributed by atoms with Crippen molar-refractivity contribution < 1.29 is 9.13 Å². The van der Waals surface area contributed by atoms with E-state index in [0.29, 0.717) is 5.56 Å². The van der Waals surface area contributed by atoms with E-state index in [0.717, 1.165) is 39.3 Å². The number of hydrogen-bond acceptors (Lipinski definition) is 2. The molecule has 1 aromatic carbocycles. The van der Waals surface area contributed by atoms with Crippen molar-refractivity contribution in [2.75, 3.05) is 32.8 Å². The van der Waals surface area contributed by atoms with Crippen LogP contribution < -0.4 is 0 Å². The van der Waals surface area contributed by atoms with Crippen LogP contribution in [0.25, 0.3) is 0 Å². The molecule has 1 fully saturated rings. The first kappa shape index (κ1) is 10.6. The van der Waals surface area contributed by atoms with Gasteiger partial charge in [-0.3, -0.25) is 4.90 Å². The van der Waals surface area contributed by atoms with Crippen molar-refractivity contribution in [3.8, 4) is 0 Å². The van der Waals surface area contributed by atoms with Gasteiger partial charge in [-0.1, -0.05) is 12.1 Å². The maximum atomic E-state index is 13.3. The summed E-state index contributed by atoms with van der Waals surface area (Å²) < 4.78 is 18.5. The van der Waals surface area contributed by atoms with E-state index in [4.69, 9.17) is 4.74 Å². The number of ether oxygens (including phenoxy) is 1. The zero-order valence-electron chi connectivity index (χ0n) is 8.71. The summed E-state index contributed by atoms with van der Waals surface area (Å²) in [6.45, 7) is 4.38. The summed E-state index contributed by atoms with van der Waals surface area (Å²) in [4.78, 5) is 2.30. The summed E-state index contributed by atoms with van der Waals surface area (Å²) in [7, 11) is 0. The highest BCUT2D eigenvalue weighted by molar-refractivity contribution is 5.16. The van der Waals surface area contributed by atoms with Crippen LogP contribution in [0.3, 0.4) is 0 Å². The molecule has 2 rings (SSSR count). The van der Waals surface area contributed by atoms with Gasteiger partial charge < -0.3 is 4.74 Å². The fourth-order valence-corrected chi connectivity index (χ4v) is 1.74. The normalized spacial score (nSPS) is 17.9. The maximum Gasteiger partial charge on any atom is 0.127 e. The second-order valence-electron chi connectivity index (χ2n) is 3.70. The average Bonchev–Trinajstić information content (AvgIpc) is 2.29. The second-order valence-corrected chi connectivity index (χ2v) is 3.70. The number of rotatable bonds is 3. The topological polar surface area (TPSA) is 12.5 Å². The molecule has 0 unspecified atom stereocenters. The van der Waals surface area contributed by atoms with Crippen LogP contribution in [-0.2, 0) is 11.2 Å². The molecule has 0 spiro atoms. The maximum absolute atomic E-state index is 13.3. The Morgan fingerprint density at radius 3 is 2.93 bits per heavy atom. The Balaban J connectivity index is 1.84. The van der Waals surface area contributed by atoms with Crippen molar-refractivity contribution in [3.05, 3.63) is 35.6 Å². The number of hydrogen-bond donors (Lipinski definition) is 0. The molecule has 0 amide bonds. The molecule has 1 aromatic rings. The summed E-state index contributed by atoms with van der Waals surface area (Å²) in [6.07, 6.45) is 0.729. The Bertz CT molecular complexity index is 310. The highest BCUT2D eigenvalue weighted by Gasteiger charge is 2.10. The smallest absolute Gasteiger partial charge is 0.127 e. The molecule has 0 saturated carbocycles. The Labute approximate surface area is 89.7 Å². The van der Waals surface area contributed by atoms with E-state index in [1.54, 1.807) is 12.1 Å². The van der Waals surface area contributed by atoms with Crippen molar-refractivity contribution in [1.29, 1.82) is 0 Å². The van der Waals surface area contributed by atoms with Crippen LogP contribution in [0.2, 0.25) is 0 Å². The van der Waals surface area contributed by atoms with Crippen molar-refractivity contribution in [2.24, 2.45) is 0 Å². The molecule has 1 aliphatic heterocycles. The molecule has 1 saturated heterocycles. The van der Waals surface area contributed by atoms with Crippen LogP contribution in [0.4, 0.5) is 4.39 Å². The van der Waals surface area contributed by atoms with E-state index in [1.807, 2.05) is 0 Å². The van der Waals surface area contributed by atoms with E-state index < -0.39 is 0 Å². The minimum Gasteiger partial charge on any atom is -0.379 e. The van der Waals surface area contributed by atoms with Crippen LogP contribution in [0.15, 0.2) is 18.2 Å². The van der Waals surface area contributed by atoms with Gasteiger partial charge in [-0.25, -0.2) is 4.39 Å². The molecule has 2 nitrogen and oxygen atoms in total. The van der Waals surface area contributed by atoms with Crippen molar-refractivity contribution in [2.45, 2.75) is 6.42 Å². The molecule has 1 heterocycles. The quantitative estimate of drug-likeness (QED) is 0.746. The third-order valence-corrected chi connectivity index (χ3v) is 2.67. The summed E-state index contributed by atoms with van der Waals surface area (Å²) in [5, 5.41) is 0. The number of nitrogens with zero attached hydrogens (tertiary/aromatic N) is 1. The molecule has 81 valence electrons. The molecule has 0 N–H and O–H groups in total. The van der Waals surface area contributed by atoms with Gasteiger partial charge in [0.05, 0.1) is 13.2 Å². The fraction of sp³-hybridized carbons (Fsp3) is 0.500. The zero-order valence-corrected chi connectivity index (χ0v) is 8.71. The van der Waals surface area contributed by atoms with Gasteiger partial charge in [-0.05, 0) is 24.1 Å². The zero-order chi connectivity index (χ0) is 10.5. The molecular weight excluding hydrogens is 193 g/mol. The van der Waals surface area contributed by atoms with Crippen molar-refractivity contribution in [3.63, 3.8) is 0 Å². The molecule has 0 aliphatic carbocycles. The molecule has 1 aliphatic rings. The van der Waals surface area contributed by atoms with E-state index >= 15 is 0 Å². The summed E-state index contributed by atoms with van der Waals surface area (Å²) in [6, 6.07) is 7.87. The lowest BCUT2D eigenvalue weighted by Crippen LogP contribution is -2.37. The monoisotopic (exact) mass is 208 g/mol. The first-order chi connectivity index (χ1) is 7.36. The summed E-state index contributed by atoms with van der Waals surface area (Å²) >= 11 is 0. The van der Waals surface area contributed by atoms with Crippen molar-refractivity contribution >= 4 is 0 Å². The Morgan fingerprint density at radius 1 is 1.40 bits per heavy atom. The fourth-order valence-electron chi connectivity index (χ4n) is 1.74. The number of benzene rings is 1. The molecule has 0 atom stereocenters. The van der Waals surface area contributed by atoms with E-state index in [9.17, 15) is 4.39 Å². The number of morpholine rings is 1. The van der Waals surface area contributed by atoms with Gasteiger partial charge in [0.1, 0.15) is 5.82 Å². The third-order valence-electron chi connectivity index (χ3n) is 2.67. The molecule has 0 aromatic heterocycles. The highest BCUT2D eigenvalue weighted by atomic mass is 19.1. The molecule has 0 bridgehead atoms. The summed E-state index contributed by atoms with van der Waals surface area (Å²) in [5.41, 5.74) is 0.684. The van der Waals surface area contributed by atoms with Crippen LogP contribution in [-0.4, -0.2) is 37.7 Å². The van der Waals surface area contributed by atoms with E-state index in [2.05, 4.69) is 11.0 Å². The predicted molar refractivity (Wildman–Crippen MR) is 56.2 cm³/mol. The lowest BCUT2D eigenvalue weighted by molar-refractivity contribution is 0.0383. The van der Waals surface area contributed by atoms with E-state index in [1.165, 1.54) is 6.07 Å². The Hall–Kier alpha value is -0.930. The van der Waals surface area contributed by atoms with Crippen molar-refractivity contribution in [1.82, 2.24) is 4.90 Å². The molecule has 1 radical (unpaired) electrons. The first-order valence-corrected chi connectivity index (χ1v) is 5.31. The van der Waals surface area contributed by atoms with Crippen LogP contribution in [0.5, 0.6) is 0 Å². The highest BCUT2D eigenvalue weighted by Crippen LogP contribution is 2.07. The van der Waals surface area contributed by atoms with Gasteiger partial charge in [0.2, 0.25) is 0 Å². The Morgan fingerprint density at radius 2 is 2.20 bits per heavy atom. The number of halogens is 1. The molecule has 3 heteroatoms. The lowest BCUT2D eigenvalue weighted by atomic mass is 10.1. The van der Waals surface area contributed by atoms with Gasteiger partial charge in [-0.15, -0.1) is 0 Å². The lowest BCUT2D eigenvalue weighted by Gasteiger charge is -2.26. The van der Waals surface area contributed by atoms with Gasteiger partial charge in [0, 0.05) is 19.6 Å². The predicted octanol–water partition coefficient (Wildman–Crippen LogP) is 1.50. The van der Waals surface area contributed by atoms with Gasteiger partial charge in [0.25, 0.3) is 0 Å². The minimum absolute atomic E-state index is 0.147. The molecular formula is C12H15FNO. The standard InChI is InChI=1S/C12H15FNO/c13-12-4-2-1-3-11(12)5-6-14-7-9-15-10-8-14/h1-2,4H,5-10H2. The van der Waals surface area contributed by atoms with Gasteiger partial charge >= 0.3 is 0 Å². The summed E-state index contributed by atoms with van der Waals surface area (Å²) in [5.74, 6) is -0.147. The van der Waals surface area contributed by atoms with Gasteiger partial charge in [0.15, 0.2) is 0 Å². The molecule has 15 heavy (non-hydrogen) atoms. The Kier molecular flexibility index (Phi) is 3.69. The second kappa shape index (κ2) is 5.24.